The molecule has 94 valence electrons. The zero-order valence-electron chi connectivity index (χ0n) is 10.2. The third-order valence-corrected chi connectivity index (χ3v) is 3.96. The van der Waals surface area contributed by atoms with E-state index in [1.54, 1.807) is 7.05 Å². The average Bonchev–Trinajstić information content (AvgIpc) is 2.60. The molecule has 1 saturated heterocycles. The Hall–Kier alpha value is -1.33. The van der Waals surface area contributed by atoms with Crippen LogP contribution in [0.5, 0.6) is 5.75 Å². The van der Waals surface area contributed by atoms with Crippen LogP contribution in [0.3, 0.4) is 0 Å². The van der Waals surface area contributed by atoms with Crippen LogP contribution < -0.4 is 4.74 Å². The van der Waals surface area contributed by atoms with Crippen LogP contribution in [0.4, 0.5) is 0 Å². The lowest BCUT2D eigenvalue weighted by atomic mass is 10.2. The van der Waals surface area contributed by atoms with Crippen molar-refractivity contribution in [3.63, 3.8) is 0 Å². The van der Waals surface area contributed by atoms with Crippen molar-refractivity contribution in [2.75, 3.05) is 13.7 Å². The van der Waals surface area contributed by atoms with Crippen LogP contribution in [0.15, 0.2) is 29.2 Å². The standard InChI is InChI=1S/C13H13NO2S2/c1-3-16-10-6-4-9(5-7-10)8-11-12(15)14(2)13(17)18-11/h4-8H,3H2,1-2H3. The van der Waals surface area contributed by atoms with Gasteiger partial charge in [-0.1, -0.05) is 36.1 Å². The first kappa shape index (κ1) is 13.1. The Labute approximate surface area is 116 Å². The number of ether oxygens (including phenoxy) is 1. The Kier molecular flexibility index (Phi) is 4.04. The van der Waals surface area contributed by atoms with Crippen molar-refractivity contribution in [2.45, 2.75) is 6.92 Å². The molecule has 1 aromatic carbocycles. The summed E-state index contributed by atoms with van der Waals surface area (Å²) in [5, 5.41) is 0. The molecule has 18 heavy (non-hydrogen) atoms. The number of rotatable bonds is 3. The molecule has 1 heterocycles. The lowest BCUT2D eigenvalue weighted by Gasteiger charge is -2.04. The summed E-state index contributed by atoms with van der Waals surface area (Å²) in [5.41, 5.74) is 0.965. The first-order valence-corrected chi connectivity index (χ1v) is 6.78. The molecule has 0 radical (unpaired) electrons. The van der Waals surface area contributed by atoms with Crippen molar-refractivity contribution in [3.05, 3.63) is 34.7 Å². The molecule has 0 saturated carbocycles. The van der Waals surface area contributed by atoms with Gasteiger partial charge in [-0.15, -0.1) is 0 Å². The summed E-state index contributed by atoms with van der Waals surface area (Å²) in [7, 11) is 1.69. The normalized spacial score (nSPS) is 17.7. The predicted molar refractivity (Wildman–Crippen MR) is 78.5 cm³/mol. The molecule has 0 unspecified atom stereocenters. The van der Waals surface area contributed by atoms with E-state index >= 15 is 0 Å². The molecule has 1 aliphatic rings. The number of thiocarbonyl (C=S) groups is 1. The van der Waals surface area contributed by atoms with Gasteiger partial charge in [-0.05, 0) is 30.7 Å². The van der Waals surface area contributed by atoms with Crippen LogP contribution in [0.1, 0.15) is 12.5 Å². The highest BCUT2D eigenvalue weighted by molar-refractivity contribution is 8.26. The van der Waals surface area contributed by atoms with Crippen molar-refractivity contribution in [1.29, 1.82) is 0 Å². The quantitative estimate of drug-likeness (QED) is 0.628. The largest absolute Gasteiger partial charge is 0.494 e. The highest BCUT2D eigenvalue weighted by atomic mass is 32.2. The summed E-state index contributed by atoms with van der Waals surface area (Å²) in [6.45, 7) is 2.59. The van der Waals surface area contributed by atoms with Crippen molar-refractivity contribution >= 4 is 40.3 Å². The van der Waals surface area contributed by atoms with Crippen LogP contribution in [0.25, 0.3) is 6.08 Å². The first-order chi connectivity index (χ1) is 8.61. The Morgan fingerprint density at radius 2 is 2.06 bits per heavy atom. The van der Waals surface area contributed by atoms with E-state index in [-0.39, 0.29) is 5.91 Å². The van der Waals surface area contributed by atoms with Gasteiger partial charge in [-0.2, -0.15) is 0 Å². The van der Waals surface area contributed by atoms with Crippen molar-refractivity contribution in [1.82, 2.24) is 4.90 Å². The third kappa shape index (κ3) is 2.73. The van der Waals surface area contributed by atoms with E-state index < -0.39 is 0 Å². The predicted octanol–water partition coefficient (Wildman–Crippen LogP) is 2.92. The summed E-state index contributed by atoms with van der Waals surface area (Å²) in [4.78, 5) is 14.0. The van der Waals surface area contributed by atoms with Gasteiger partial charge in [-0.3, -0.25) is 9.69 Å². The van der Waals surface area contributed by atoms with Gasteiger partial charge < -0.3 is 4.74 Å². The van der Waals surface area contributed by atoms with Gasteiger partial charge >= 0.3 is 0 Å². The Bertz CT molecular complexity index is 508. The van der Waals surface area contributed by atoms with Gasteiger partial charge in [0.25, 0.3) is 5.91 Å². The molecule has 3 nitrogen and oxygen atoms in total. The second-order valence-electron chi connectivity index (χ2n) is 3.74. The topological polar surface area (TPSA) is 29.5 Å². The van der Waals surface area contributed by atoms with E-state index in [4.69, 9.17) is 17.0 Å². The van der Waals surface area contributed by atoms with Crippen molar-refractivity contribution in [2.24, 2.45) is 0 Å². The number of nitrogens with zero attached hydrogens (tertiary/aromatic N) is 1. The second-order valence-corrected chi connectivity index (χ2v) is 5.42. The molecule has 0 N–H and O–H groups in total. The molecule has 0 atom stereocenters. The van der Waals surface area contributed by atoms with E-state index in [1.165, 1.54) is 16.7 Å². The molecule has 0 spiro atoms. The number of thioether (sulfide) groups is 1. The molecule has 1 aromatic rings. The molecule has 2 rings (SSSR count). The van der Waals surface area contributed by atoms with Gasteiger partial charge in [-0.25, -0.2) is 0 Å². The van der Waals surface area contributed by atoms with Gasteiger partial charge in [0.2, 0.25) is 0 Å². The fourth-order valence-electron chi connectivity index (χ4n) is 1.52. The fourth-order valence-corrected chi connectivity index (χ4v) is 2.70. The van der Waals surface area contributed by atoms with Gasteiger partial charge in [0, 0.05) is 7.05 Å². The van der Waals surface area contributed by atoms with Crippen molar-refractivity contribution < 1.29 is 9.53 Å². The Morgan fingerprint density at radius 3 is 2.56 bits per heavy atom. The highest BCUT2D eigenvalue weighted by Crippen LogP contribution is 2.31. The number of hydrogen-bond donors (Lipinski definition) is 0. The van der Waals surface area contributed by atoms with E-state index in [0.29, 0.717) is 15.8 Å². The molecule has 0 aromatic heterocycles. The number of hydrogen-bond acceptors (Lipinski definition) is 4. The number of likely N-dealkylation sites (N-methyl/N-ethyl adjacent to an activating group) is 1. The molecular formula is C13H13NO2S2. The SMILES string of the molecule is CCOc1ccc(C=C2SC(=S)N(C)C2=O)cc1. The highest BCUT2D eigenvalue weighted by Gasteiger charge is 2.28. The lowest BCUT2D eigenvalue weighted by Crippen LogP contribution is -2.22. The third-order valence-electron chi connectivity index (χ3n) is 2.48. The maximum atomic E-state index is 11.8. The first-order valence-electron chi connectivity index (χ1n) is 5.56. The summed E-state index contributed by atoms with van der Waals surface area (Å²) in [5.74, 6) is 0.788. The van der Waals surface area contributed by atoms with E-state index in [0.717, 1.165) is 11.3 Å². The minimum Gasteiger partial charge on any atom is -0.494 e. The summed E-state index contributed by atoms with van der Waals surface area (Å²) < 4.78 is 5.96. The molecule has 1 fully saturated rings. The maximum absolute atomic E-state index is 11.8. The number of carbonyl (C=O) groups is 1. The van der Waals surface area contributed by atoms with Crippen LogP contribution in [-0.2, 0) is 4.79 Å². The minimum absolute atomic E-state index is 0.0427. The Morgan fingerprint density at radius 1 is 1.39 bits per heavy atom. The van der Waals surface area contributed by atoms with Gasteiger partial charge in [0.1, 0.15) is 10.1 Å². The molecule has 1 amide bonds. The fraction of sp³-hybridized carbons (Fsp3) is 0.231. The average molecular weight is 279 g/mol. The maximum Gasteiger partial charge on any atom is 0.265 e. The van der Waals surface area contributed by atoms with Crippen LogP contribution in [-0.4, -0.2) is 28.8 Å². The number of benzene rings is 1. The summed E-state index contributed by atoms with van der Waals surface area (Å²) in [6, 6.07) is 7.63. The van der Waals surface area contributed by atoms with E-state index in [9.17, 15) is 4.79 Å². The Balaban J connectivity index is 2.18. The smallest absolute Gasteiger partial charge is 0.265 e. The van der Waals surface area contributed by atoms with Crippen LogP contribution in [0.2, 0.25) is 0 Å². The van der Waals surface area contributed by atoms with Gasteiger partial charge in [0.05, 0.1) is 11.5 Å². The molecule has 0 aliphatic carbocycles. The van der Waals surface area contributed by atoms with E-state index in [2.05, 4.69) is 0 Å². The van der Waals surface area contributed by atoms with Crippen molar-refractivity contribution in [3.8, 4) is 5.75 Å². The van der Waals surface area contributed by atoms with Gasteiger partial charge in [0.15, 0.2) is 0 Å². The number of carbonyl (C=O) groups excluding carboxylic acids is 1. The summed E-state index contributed by atoms with van der Waals surface area (Å²) >= 11 is 6.40. The lowest BCUT2D eigenvalue weighted by molar-refractivity contribution is -0.121. The summed E-state index contributed by atoms with van der Waals surface area (Å²) in [6.07, 6.45) is 1.85. The van der Waals surface area contributed by atoms with Crippen LogP contribution >= 0.6 is 24.0 Å². The van der Waals surface area contributed by atoms with E-state index in [1.807, 2.05) is 37.3 Å². The zero-order valence-corrected chi connectivity index (χ0v) is 11.8. The monoisotopic (exact) mass is 279 g/mol. The molecular weight excluding hydrogens is 266 g/mol. The molecule has 0 bridgehead atoms. The minimum atomic E-state index is -0.0427. The number of amides is 1. The zero-order chi connectivity index (χ0) is 13.1. The second kappa shape index (κ2) is 5.54. The molecule has 1 aliphatic heterocycles. The van der Waals surface area contributed by atoms with Crippen LogP contribution in [0, 0.1) is 0 Å². The molecule has 5 heteroatoms.